The standard InChI is InChI=1S/C29H22ClN3O2S2/c1-19-22(30)13-9-16-25(19)33-28(35)21-12-5-6-14-23(21)32-29(33)36-18-27(34)31-24-15-7-8-17-26(24)37-20-10-3-2-4-11-20/h2-17H,18H2,1H3,(H,31,34). The van der Waals surface area contributed by atoms with Gasteiger partial charge in [0.1, 0.15) is 0 Å². The number of fused-ring (bicyclic) bond motifs is 1. The minimum absolute atomic E-state index is 0.0781. The minimum atomic E-state index is -0.205. The third kappa shape index (κ3) is 5.59. The third-order valence-corrected chi connectivity index (χ3v) is 8.12. The van der Waals surface area contributed by atoms with Gasteiger partial charge in [0.15, 0.2) is 5.16 Å². The number of benzene rings is 4. The summed E-state index contributed by atoms with van der Waals surface area (Å²) in [5, 5.41) is 4.50. The zero-order chi connectivity index (χ0) is 25.8. The number of rotatable bonds is 7. The SMILES string of the molecule is Cc1c(Cl)cccc1-n1c(SCC(=O)Nc2ccccc2Sc2ccccc2)nc2ccccc2c1=O. The lowest BCUT2D eigenvalue weighted by Gasteiger charge is -2.16. The average molecular weight is 544 g/mol. The summed E-state index contributed by atoms with van der Waals surface area (Å²) in [6.07, 6.45) is 0. The Morgan fingerprint density at radius 1 is 0.919 bits per heavy atom. The molecule has 0 bridgehead atoms. The van der Waals surface area contributed by atoms with Crippen LogP contribution in [0, 0.1) is 6.92 Å². The molecule has 1 heterocycles. The molecule has 0 aliphatic carbocycles. The number of carbonyl (C=O) groups excluding carboxylic acids is 1. The maximum absolute atomic E-state index is 13.5. The van der Waals surface area contributed by atoms with Crippen molar-refractivity contribution in [2.75, 3.05) is 11.1 Å². The zero-order valence-corrected chi connectivity index (χ0v) is 22.2. The van der Waals surface area contributed by atoms with Gasteiger partial charge >= 0.3 is 0 Å². The summed E-state index contributed by atoms with van der Waals surface area (Å²) < 4.78 is 1.54. The van der Waals surface area contributed by atoms with E-state index < -0.39 is 0 Å². The van der Waals surface area contributed by atoms with Crippen LogP contribution in [0.5, 0.6) is 0 Å². The van der Waals surface area contributed by atoms with E-state index in [0.29, 0.717) is 26.8 Å². The highest BCUT2D eigenvalue weighted by Crippen LogP contribution is 2.33. The quantitative estimate of drug-likeness (QED) is 0.173. The molecule has 0 radical (unpaired) electrons. The number of hydrogen-bond donors (Lipinski definition) is 1. The second-order valence-corrected chi connectivity index (χ2v) is 10.6. The molecule has 1 aromatic heterocycles. The molecule has 1 amide bonds. The number of thioether (sulfide) groups is 1. The van der Waals surface area contributed by atoms with Crippen LogP contribution in [0.15, 0.2) is 117 Å². The Morgan fingerprint density at radius 3 is 2.49 bits per heavy atom. The van der Waals surface area contributed by atoms with E-state index in [1.807, 2.05) is 79.7 Å². The molecular weight excluding hydrogens is 522 g/mol. The van der Waals surface area contributed by atoms with Crippen LogP contribution in [-0.4, -0.2) is 21.2 Å². The summed E-state index contributed by atoms with van der Waals surface area (Å²) in [6, 6.07) is 30.3. The maximum atomic E-state index is 13.5. The fourth-order valence-electron chi connectivity index (χ4n) is 3.85. The average Bonchev–Trinajstić information content (AvgIpc) is 2.91. The van der Waals surface area contributed by atoms with E-state index in [1.54, 1.807) is 40.6 Å². The van der Waals surface area contributed by atoms with E-state index in [1.165, 1.54) is 11.8 Å². The van der Waals surface area contributed by atoms with Crippen molar-refractivity contribution in [1.29, 1.82) is 0 Å². The molecule has 0 unspecified atom stereocenters. The molecule has 0 spiro atoms. The number of nitrogens with one attached hydrogen (secondary N) is 1. The van der Waals surface area contributed by atoms with Crippen LogP contribution < -0.4 is 10.9 Å². The van der Waals surface area contributed by atoms with Crippen LogP contribution in [-0.2, 0) is 4.79 Å². The molecule has 0 aliphatic heterocycles. The molecular formula is C29H22ClN3O2S2. The first-order valence-corrected chi connectivity index (χ1v) is 13.7. The van der Waals surface area contributed by atoms with Gasteiger partial charge in [-0.1, -0.05) is 83.7 Å². The Morgan fingerprint density at radius 2 is 1.65 bits per heavy atom. The van der Waals surface area contributed by atoms with Crippen LogP contribution in [0.1, 0.15) is 5.56 Å². The molecule has 8 heteroatoms. The Labute approximate surface area is 227 Å². The molecule has 0 atom stereocenters. The molecule has 5 rings (SSSR count). The molecule has 184 valence electrons. The van der Waals surface area contributed by atoms with Gasteiger partial charge in [0.25, 0.3) is 5.56 Å². The monoisotopic (exact) mass is 543 g/mol. The van der Waals surface area contributed by atoms with Crippen molar-refractivity contribution in [2.24, 2.45) is 0 Å². The predicted molar refractivity (Wildman–Crippen MR) is 153 cm³/mol. The van der Waals surface area contributed by atoms with Crippen molar-refractivity contribution in [2.45, 2.75) is 21.9 Å². The molecule has 5 aromatic rings. The first-order chi connectivity index (χ1) is 18.0. The molecule has 0 saturated heterocycles. The highest BCUT2D eigenvalue weighted by molar-refractivity contribution is 8.00. The summed E-state index contributed by atoms with van der Waals surface area (Å²) >= 11 is 9.17. The largest absolute Gasteiger partial charge is 0.324 e. The van der Waals surface area contributed by atoms with Gasteiger partial charge in [-0.25, -0.2) is 4.98 Å². The molecule has 0 saturated carbocycles. The minimum Gasteiger partial charge on any atom is -0.324 e. The normalized spacial score (nSPS) is 11.0. The number of anilines is 1. The summed E-state index contributed by atoms with van der Waals surface area (Å²) in [7, 11) is 0. The number of carbonyl (C=O) groups is 1. The fourth-order valence-corrected chi connectivity index (χ4v) is 5.75. The first-order valence-electron chi connectivity index (χ1n) is 11.5. The van der Waals surface area contributed by atoms with Crippen LogP contribution in [0.2, 0.25) is 5.02 Å². The van der Waals surface area contributed by atoms with E-state index in [9.17, 15) is 9.59 Å². The molecule has 37 heavy (non-hydrogen) atoms. The highest BCUT2D eigenvalue weighted by Gasteiger charge is 2.17. The van der Waals surface area contributed by atoms with Gasteiger partial charge in [-0.2, -0.15) is 0 Å². The van der Waals surface area contributed by atoms with E-state index in [2.05, 4.69) is 5.32 Å². The number of amides is 1. The van der Waals surface area contributed by atoms with Crippen molar-refractivity contribution in [1.82, 2.24) is 9.55 Å². The molecule has 1 N–H and O–H groups in total. The summed E-state index contributed by atoms with van der Waals surface area (Å²) in [5.41, 5.74) is 2.51. The molecule has 0 fully saturated rings. The smallest absolute Gasteiger partial charge is 0.266 e. The summed E-state index contributed by atoms with van der Waals surface area (Å²) in [6.45, 7) is 1.86. The second kappa shape index (κ2) is 11.3. The number of para-hydroxylation sites is 2. The van der Waals surface area contributed by atoms with Crippen LogP contribution in [0.25, 0.3) is 16.6 Å². The lowest BCUT2D eigenvalue weighted by molar-refractivity contribution is -0.113. The zero-order valence-electron chi connectivity index (χ0n) is 19.9. The molecule has 0 aliphatic rings. The summed E-state index contributed by atoms with van der Waals surface area (Å²) in [4.78, 5) is 33.3. The number of nitrogens with zero attached hydrogens (tertiary/aromatic N) is 2. The molecule has 4 aromatic carbocycles. The lowest BCUT2D eigenvalue weighted by Crippen LogP contribution is -2.23. The van der Waals surface area contributed by atoms with Crippen molar-refractivity contribution < 1.29 is 4.79 Å². The predicted octanol–water partition coefficient (Wildman–Crippen LogP) is 7.23. The Hall–Kier alpha value is -3.52. The van der Waals surface area contributed by atoms with Gasteiger partial charge in [0.2, 0.25) is 5.91 Å². The first kappa shape index (κ1) is 25.1. The topological polar surface area (TPSA) is 64.0 Å². The van der Waals surface area contributed by atoms with Crippen molar-refractivity contribution in [3.63, 3.8) is 0 Å². The number of halogens is 1. The van der Waals surface area contributed by atoms with Crippen molar-refractivity contribution in [3.05, 3.63) is 118 Å². The van der Waals surface area contributed by atoms with Crippen LogP contribution in [0.4, 0.5) is 5.69 Å². The lowest BCUT2D eigenvalue weighted by atomic mass is 10.2. The van der Waals surface area contributed by atoms with Gasteiger partial charge in [-0.3, -0.25) is 14.2 Å². The van der Waals surface area contributed by atoms with E-state index in [0.717, 1.165) is 21.0 Å². The van der Waals surface area contributed by atoms with Crippen LogP contribution in [0.3, 0.4) is 0 Å². The van der Waals surface area contributed by atoms with Gasteiger partial charge in [0.05, 0.1) is 28.0 Å². The van der Waals surface area contributed by atoms with Crippen LogP contribution >= 0.6 is 35.1 Å². The van der Waals surface area contributed by atoms with Crippen molar-refractivity contribution in [3.8, 4) is 5.69 Å². The summed E-state index contributed by atoms with van der Waals surface area (Å²) in [5.74, 6) is -0.114. The maximum Gasteiger partial charge on any atom is 0.266 e. The number of hydrogen-bond acceptors (Lipinski definition) is 5. The van der Waals surface area contributed by atoms with Gasteiger partial charge < -0.3 is 5.32 Å². The van der Waals surface area contributed by atoms with Crippen molar-refractivity contribution >= 4 is 57.6 Å². The van der Waals surface area contributed by atoms with Gasteiger partial charge in [-0.15, -0.1) is 0 Å². The molecule has 5 nitrogen and oxygen atoms in total. The fraction of sp³-hybridized carbons (Fsp3) is 0.0690. The third-order valence-electron chi connectivity index (χ3n) is 5.69. The Kier molecular flexibility index (Phi) is 7.65. The number of aromatic nitrogens is 2. The Balaban J connectivity index is 1.43. The van der Waals surface area contributed by atoms with E-state index in [-0.39, 0.29) is 17.2 Å². The second-order valence-electron chi connectivity index (χ2n) is 8.18. The Bertz CT molecular complexity index is 1660. The van der Waals surface area contributed by atoms with Gasteiger partial charge in [-0.05, 0) is 61.0 Å². The van der Waals surface area contributed by atoms with E-state index in [4.69, 9.17) is 16.6 Å². The highest BCUT2D eigenvalue weighted by atomic mass is 35.5. The van der Waals surface area contributed by atoms with E-state index >= 15 is 0 Å². The van der Waals surface area contributed by atoms with Gasteiger partial charge in [0, 0.05) is 14.8 Å².